The van der Waals surface area contributed by atoms with Crippen molar-refractivity contribution in [1.82, 2.24) is 25.1 Å². The van der Waals surface area contributed by atoms with E-state index in [-0.39, 0.29) is 17.4 Å². The summed E-state index contributed by atoms with van der Waals surface area (Å²) in [5, 5.41) is 7.33. The molecule has 2 atom stereocenters. The van der Waals surface area contributed by atoms with E-state index in [0.29, 0.717) is 11.8 Å². The zero-order valence-corrected chi connectivity index (χ0v) is 18.2. The van der Waals surface area contributed by atoms with Crippen molar-refractivity contribution in [2.24, 2.45) is 5.92 Å². The third kappa shape index (κ3) is 4.66. The van der Waals surface area contributed by atoms with Gasteiger partial charge in [0.25, 0.3) is 11.5 Å². The molecule has 32 heavy (non-hydrogen) atoms. The Balaban J connectivity index is 1.39. The van der Waals surface area contributed by atoms with Crippen molar-refractivity contribution in [3.05, 3.63) is 68.8 Å². The van der Waals surface area contributed by atoms with Crippen LogP contribution in [0.4, 0.5) is 5.69 Å². The number of aromatic amines is 2. The van der Waals surface area contributed by atoms with Crippen LogP contribution in [-0.4, -0.2) is 31.7 Å². The van der Waals surface area contributed by atoms with E-state index in [1.54, 1.807) is 0 Å². The number of rotatable bonds is 6. The smallest absolute Gasteiger partial charge is 0.326 e. The topological polar surface area (TPSA) is 139 Å². The first-order valence-electron chi connectivity index (χ1n) is 10.9. The number of hydrogen-bond donors (Lipinski definition) is 4. The van der Waals surface area contributed by atoms with Crippen LogP contribution < -0.4 is 22.3 Å². The van der Waals surface area contributed by atoms with E-state index in [4.69, 9.17) is 5.73 Å². The van der Waals surface area contributed by atoms with Crippen molar-refractivity contribution >= 4 is 11.6 Å². The standard InChI is InChI=1S/C23H28N6O3/c1-13(2)11-29-12-17(10-25-29)15-5-3-14(4-6-15)16-7-8-18(9-16)26-22(31)20-19(24)21(30)28-23(32)27-20/h3-6,10,12-13,16,18H,7-9,11,24H2,1-2H3,(H,26,31)(H2,27,28,30,32)/t16-,18+/m1/s1. The number of carbonyl (C=O) groups excluding carboxylic acids is 1. The summed E-state index contributed by atoms with van der Waals surface area (Å²) < 4.78 is 1.97. The molecule has 5 N–H and O–H groups in total. The summed E-state index contributed by atoms with van der Waals surface area (Å²) in [6.45, 7) is 5.23. The number of carbonyl (C=O) groups is 1. The molecule has 0 unspecified atom stereocenters. The largest absolute Gasteiger partial charge is 0.392 e. The van der Waals surface area contributed by atoms with Gasteiger partial charge in [-0.15, -0.1) is 0 Å². The molecule has 168 valence electrons. The zero-order valence-electron chi connectivity index (χ0n) is 18.2. The number of amides is 1. The van der Waals surface area contributed by atoms with Gasteiger partial charge in [-0.25, -0.2) is 4.79 Å². The minimum absolute atomic E-state index is 0.0522. The number of nitrogens with zero attached hydrogens (tertiary/aromatic N) is 2. The summed E-state index contributed by atoms with van der Waals surface area (Å²) in [6.07, 6.45) is 6.50. The fourth-order valence-corrected chi connectivity index (χ4v) is 4.28. The van der Waals surface area contributed by atoms with Crippen LogP contribution in [0.25, 0.3) is 11.1 Å². The van der Waals surface area contributed by atoms with Gasteiger partial charge in [0.15, 0.2) is 0 Å². The number of hydrogen-bond acceptors (Lipinski definition) is 5. The van der Waals surface area contributed by atoms with Crippen molar-refractivity contribution in [2.45, 2.75) is 51.6 Å². The second-order valence-electron chi connectivity index (χ2n) is 8.84. The van der Waals surface area contributed by atoms with Gasteiger partial charge in [0.1, 0.15) is 11.4 Å². The minimum atomic E-state index is -0.766. The van der Waals surface area contributed by atoms with Crippen LogP contribution in [-0.2, 0) is 6.54 Å². The van der Waals surface area contributed by atoms with Crippen LogP contribution in [0.5, 0.6) is 0 Å². The Hall–Kier alpha value is -3.62. The molecule has 3 aromatic rings. The van der Waals surface area contributed by atoms with E-state index in [0.717, 1.165) is 36.9 Å². The SMILES string of the molecule is CC(C)Cn1cc(-c2ccc([C@@H]3CC[C@H](NC(=O)c4[nH]c(=O)[nH]c(=O)c4N)C3)cc2)cn1. The molecule has 0 radical (unpaired) electrons. The van der Waals surface area contributed by atoms with Gasteiger partial charge in [-0.1, -0.05) is 38.1 Å². The van der Waals surface area contributed by atoms with Crippen molar-refractivity contribution in [2.75, 3.05) is 5.73 Å². The molecular formula is C23H28N6O3. The summed E-state index contributed by atoms with van der Waals surface area (Å²) in [7, 11) is 0. The predicted molar refractivity (Wildman–Crippen MR) is 122 cm³/mol. The van der Waals surface area contributed by atoms with Crippen LogP contribution in [0.2, 0.25) is 0 Å². The molecule has 2 heterocycles. The average Bonchev–Trinajstić information content (AvgIpc) is 3.40. The summed E-state index contributed by atoms with van der Waals surface area (Å²) in [4.78, 5) is 39.9. The summed E-state index contributed by atoms with van der Waals surface area (Å²) in [5.74, 6) is 0.332. The first kappa shape index (κ1) is 21.6. The first-order valence-corrected chi connectivity index (χ1v) is 10.9. The van der Waals surface area contributed by atoms with Gasteiger partial charge < -0.3 is 16.0 Å². The normalized spacial score (nSPS) is 18.2. The quantitative estimate of drug-likeness (QED) is 0.469. The van der Waals surface area contributed by atoms with E-state index in [9.17, 15) is 14.4 Å². The molecule has 1 aliphatic rings. The lowest BCUT2D eigenvalue weighted by atomic mass is 9.95. The second-order valence-corrected chi connectivity index (χ2v) is 8.84. The Morgan fingerprint density at radius 2 is 1.94 bits per heavy atom. The Morgan fingerprint density at radius 3 is 2.66 bits per heavy atom. The van der Waals surface area contributed by atoms with Crippen LogP contribution in [0.1, 0.15) is 55.1 Å². The molecule has 0 spiro atoms. The van der Waals surface area contributed by atoms with Crippen LogP contribution in [0.15, 0.2) is 46.2 Å². The van der Waals surface area contributed by atoms with Gasteiger partial charge in [0.2, 0.25) is 0 Å². The Kier molecular flexibility index (Phi) is 5.98. The van der Waals surface area contributed by atoms with Crippen molar-refractivity contribution < 1.29 is 4.79 Å². The molecule has 0 bridgehead atoms. The number of nitrogen functional groups attached to an aromatic ring is 1. The molecule has 1 aliphatic carbocycles. The van der Waals surface area contributed by atoms with Crippen LogP contribution >= 0.6 is 0 Å². The predicted octanol–water partition coefficient (Wildman–Crippen LogP) is 2.23. The van der Waals surface area contributed by atoms with Crippen molar-refractivity contribution in [3.8, 4) is 11.1 Å². The number of H-pyrrole nitrogens is 2. The molecule has 9 heteroatoms. The van der Waals surface area contributed by atoms with E-state index in [2.05, 4.69) is 59.7 Å². The molecular weight excluding hydrogens is 408 g/mol. The fourth-order valence-electron chi connectivity index (χ4n) is 4.28. The average molecular weight is 437 g/mol. The minimum Gasteiger partial charge on any atom is -0.392 e. The number of aromatic nitrogens is 4. The molecule has 1 fully saturated rings. The lowest BCUT2D eigenvalue weighted by molar-refractivity contribution is 0.0933. The van der Waals surface area contributed by atoms with E-state index < -0.39 is 17.2 Å². The highest BCUT2D eigenvalue weighted by atomic mass is 16.2. The maximum Gasteiger partial charge on any atom is 0.326 e. The highest BCUT2D eigenvalue weighted by Crippen LogP contribution is 2.35. The van der Waals surface area contributed by atoms with Gasteiger partial charge in [-0.05, 0) is 42.2 Å². The van der Waals surface area contributed by atoms with E-state index in [1.807, 2.05) is 15.9 Å². The monoisotopic (exact) mass is 436 g/mol. The second kappa shape index (κ2) is 8.86. The lowest BCUT2D eigenvalue weighted by Gasteiger charge is -2.14. The van der Waals surface area contributed by atoms with E-state index in [1.165, 1.54) is 5.56 Å². The first-order chi connectivity index (χ1) is 15.3. The van der Waals surface area contributed by atoms with Crippen LogP contribution in [0.3, 0.4) is 0 Å². The van der Waals surface area contributed by atoms with Gasteiger partial charge in [-0.2, -0.15) is 5.10 Å². The number of nitrogens with one attached hydrogen (secondary N) is 3. The van der Waals surface area contributed by atoms with Gasteiger partial charge in [0, 0.05) is 24.3 Å². The van der Waals surface area contributed by atoms with Gasteiger partial charge in [0.05, 0.1) is 6.20 Å². The summed E-state index contributed by atoms with van der Waals surface area (Å²) in [5.41, 5.74) is 7.10. The van der Waals surface area contributed by atoms with Gasteiger partial charge >= 0.3 is 5.69 Å². The molecule has 2 aromatic heterocycles. The number of benzene rings is 1. The Labute approximate surface area is 185 Å². The fraction of sp³-hybridized carbons (Fsp3) is 0.391. The maximum absolute atomic E-state index is 12.5. The molecule has 1 aromatic carbocycles. The highest BCUT2D eigenvalue weighted by Gasteiger charge is 2.28. The highest BCUT2D eigenvalue weighted by molar-refractivity contribution is 5.96. The molecule has 0 aliphatic heterocycles. The van der Waals surface area contributed by atoms with Crippen LogP contribution in [0, 0.1) is 5.92 Å². The third-order valence-electron chi connectivity index (χ3n) is 5.88. The zero-order chi connectivity index (χ0) is 22.8. The molecule has 4 rings (SSSR count). The summed E-state index contributed by atoms with van der Waals surface area (Å²) in [6, 6.07) is 8.44. The molecule has 1 saturated carbocycles. The molecule has 9 nitrogen and oxygen atoms in total. The Bertz CT molecular complexity index is 1220. The van der Waals surface area contributed by atoms with Crippen molar-refractivity contribution in [3.63, 3.8) is 0 Å². The lowest BCUT2D eigenvalue weighted by Crippen LogP contribution is -2.37. The number of anilines is 1. The summed E-state index contributed by atoms with van der Waals surface area (Å²) >= 11 is 0. The Morgan fingerprint density at radius 1 is 1.19 bits per heavy atom. The third-order valence-corrected chi connectivity index (χ3v) is 5.88. The van der Waals surface area contributed by atoms with E-state index >= 15 is 0 Å². The molecule has 1 amide bonds. The van der Waals surface area contributed by atoms with Crippen molar-refractivity contribution in [1.29, 1.82) is 0 Å². The van der Waals surface area contributed by atoms with Gasteiger partial charge in [-0.3, -0.25) is 19.3 Å². The molecule has 0 saturated heterocycles. The number of nitrogens with two attached hydrogens (primary N) is 1. The maximum atomic E-state index is 12.5.